The van der Waals surface area contributed by atoms with Crippen molar-refractivity contribution in [3.63, 3.8) is 0 Å². The molecule has 0 aliphatic carbocycles. The molecule has 0 unspecified atom stereocenters. The number of hydrogen-bond acceptors (Lipinski definition) is 4. The number of fused-ring (bicyclic) bond motifs is 1. The molecule has 4 rings (SSSR count). The van der Waals surface area contributed by atoms with Gasteiger partial charge in [0.1, 0.15) is 6.61 Å². The van der Waals surface area contributed by atoms with E-state index in [1.54, 1.807) is 0 Å². The first kappa shape index (κ1) is 18.6. The summed E-state index contributed by atoms with van der Waals surface area (Å²) in [6.45, 7) is 2.81. The highest BCUT2D eigenvalue weighted by Gasteiger charge is 2.11. The Labute approximate surface area is 167 Å². The van der Waals surface area contributed by atoms with Crippen molar-refractivity contribution in [2.75, 3.05) is 20.1 Å². The lowest BCUT2D eigenvalue weighted by molar-refractivity contribution is 0.290. The zero-order valence-corrected chi connectivity index (χ0v) is 16.5. The van der Waals surface area contributed by atoms with Crippen molar-refractivity contribution in [2.24, 2.45) is 0 Å². The topological polar surface area (TPSA) is 38.2 Å². The van der Waals surface area contributed by atoms with Crippen LogP contribution in [0.1, 0.15) is 27.9 Å². The van der Waals surface area contributed by atoms with Crippen LogP contribution in [-0.2, 0) is 32.3 Å². The van der Waals surface area contributed by atoms with Crippen LogP contribution in [0.2, 0.25) is 0 Å². The second-order valence-corrected chi connectivity index (χ2v) is 7.54. The van der Waals surface area contributed by atoms with Gasteiger partial charge >= 0.3 is 0 Å². The van der Waals surface area contributed by atoms with Crippen molar-refractivity contribution >= 4 is 0 Å². The van der Waals surface area contributed by atoms with Gasteiger partial charge in [0.05, 0.1) is 5.69 Å². The molecule has 2 aromatic carbocycles. The van der Waals surface area contributed by atoms with Gasteiger partial charge in [-0.25, -0.2) is 0 Å². The third-order valence-electron chi connectivity index (χ3n) is 5.39. The van der Waals surface area contributed by atoms with Gasteiger partial charge in [-0.05, 0) is 61.1 Å². The van der Waals surface area contributed by atoms with Crippen LogP contribution >= 0.6 is 0 Å². The molecule has 1 aliphatic rings. The zero-order chi connectivity index (χ0) is 19.2. The smallest absolute Gasteiger partial charge is 0.233 e. The Morgan fingerprint density at radius 1 is 0.821 bits per heavy atom. The van der Waals surface area contributed by atoms with E-state index in [4.69, 9.17) is 4.74 Å². The SMILES string of the molecule is CN1CCc2ccc(CCc3ccc(OCc4ccccc4)nn3)cc2CC1. The van der Waals surface area contributed by atoms with Crippen molar-refractivity contribution in [2.45, 2.75) is 32.3 Å². The summed E-state index contributed by atoms with van der Waals surface area (Å²) in [4.78, 5) is 2.41. The predicted molar refractivity (Wildman–Crippen MR) is 112 cm³/mol. The highest BCUT2D eigenvalue weighted by atomic mass is 16.5. The van der Waals surface area contributed by atoms with E-state index in [9.17, 15) is 0 Å². The highest BCUT2D eigenvalue weighted by Crippen LogP contribution is 2.18. The maximum atomic E-state index is 5.71. The van der Waals surface area contributed by atoms with Gasteiger partial charge in [-0.2, -0.15) is 5.10 Å². The third-order valence-corrected chi connectivity index (χ3v) is 5.39. The van der Waals surface area contributed by atoms with E-state index < -0.39 is 0 Å². The van der Waals surface area contributed by atoms with Crippen molar-refractivity contribution < 1.29 is 4.74 Å². The Kier molecular flexibility index (Phi) is 5.98. The molecule has 0 N–H and O–H groups in total. The number of hydrogen-bond donors (Lipinski definition) is 0. The molecule has 28 heavy (non-hydrogen) atoms. The molecular weight excluding hydrogens is 346 g/mol. The highest BCUT2D eigenvalue weighted by molar-refractivity contribution is 5.34. The number of likely N-dealkylation sites (N-methyl/N-ethyl adjacent to an activating group) is 1. The maximum absolute atomic E-state index is 5.71. The lowest BCUT2D eigenvalue weighted by Gasteiger charge is -2.10. The molecule has 0 spiro atoms. The minimum absolute atomic E-state index is 0.513. The van der Waals surface area contributed by atoms with E-state index in [1.165, 1.54) is 16.7 Å². The maximum Gasteiger partial charge on any atom is 0.233 e. The molecule has 0 amide bonds. The van der Waals surface area contributed by atoms with Crippen LogP contribution in [0, 0.1) is 0 Å². The fourth-order valence-corrected chi connectivity index (χ4v) is 3.61. The molecule has 1 aliphatic heterocycles. The molecule has 0 saturated carbocycles. The van der Waals surface area contributed by atoms with Crippen molar-refractivity contribution in [3.8, 4) is 5.88 Å². The normalized spacial score (nSPS) is 14.3. The first-order valence-electron chi connectivity index (χ1n) is 10.0. The summed E-state index contributed by atoms with van der Waals surface area (Å²) in [7, 11) is 2.21. The van der Waals surface area contributed by atoms with E-state index in [0.29, 0.717) is 12.5 Å². The molecule has 3 aromatic rings. The summed E-state index contributed by atoms with van der Waals surface area (Å²) in [5, 5.41) is 8.56. The Bertz CT molecular complexity index is 893. The minimum Gasteiger partial charge on any atom is -0.472 e. The average Bonchev–Trinajstić information content (AvgIpc) is 2.93. The third kappa shape index (κ3) is 4.96. The standard InChI is InChI=1S/C24H27N3O/c1-27-15-13-21-9-7-19(17-22(21)14-16-27)8-10-23-11-12-24(26-25-23)28-18-20-5-3-2-4-6-20/h2-7,9,11-12,17H,8,10,13-16,18H2,1H3. The summed E-state index contributed by atoms with van der Waals surface area (Å²) >= 11 is 0. The average molecular weight is 374 g/mol. The van der Waals surface area contributed by atoms with Crippen molar-refractivity contribution in [1.29, 1.82) is 0 Å². The van der Waals surface area contributed by atoms with Gasteiger partial charge in [0.25, 0.3) is 0 Å². The monoisotopic (exact) mass is 373 g/mol. The molecule has 0 bridgehead atoms. The number of rotatable bonds is 6. The first-order valence-corrected chi connectivity index (χ1v) is 10.0. The van der Waals surface area contributed by atoms with Crippen LogP contribution in [-0.4, -0.2) is 35.2 Å². The molecule has 4 heteroatoms. The Morgan fingerprint density at radius 3 is 2.43 bits per heavy atom. The van der Waals surface area contributed by atoms with Crippen LogP contribution in [0.4, 0.5) is 0 Å². The quantitative estimate of drug-likeness (QED) is 0.657. The summed E-state index contributed by atoms with van der Waals surface area (Å²) < 4.78 is 5.71. The molecule has 144 valence electrons. The molecule has 0 fully saturated rings. The van der Waals surface area contributed by atoms with Crippen LogP contribution in [0.3, 0.4) is 0 Å². The summed E-state index contributed by atoms with van der Waals surface area (Å²) in [5.74, 6) is 0.571. The summed E-state index contributed by atoms with van der Waals surface area (Å²) in [6, 6.07) is 21.0. The van der Waals surface area contributed by atoms with Gasteiger partial charge in [0.15, 0.2) is 0 Å². The van der Waals surface area contributed by atoms with E-state index in [0.717, 1.165) is 50.0 Å². The fourth-order valence-electron chi connectivity index (χ4n) is 3.61. The van der Waals surface area contributed by atoms with E-state index in [2.05, 4.69) is 40.3 Å². The summed E-state index contributed by atoms with van der Waals surface area (Å²) in [6.07, 6.45) is 4.18. The Hall–Kier alpha value is -2.72. The zero-order valence-electron chi connectivity index (χ0n) is 16.5. The van der Waals surface area contributed by atoms with Crippen molar-refractivity contribution in [1.82, 2.24) is 15.1 Å². The van der Waals surface area contributed by atoms with Crippen molar-refractivity contribution in [3.05, 3.63) is 88.6 Å². The van der Waals surface area contributed by atoms with E-state index >= 15 is 0 Å². The molecule has 0 saturated heterocycles. The van der Waals surface area contributed by atoms with Crippen LogP contribution in [0.25, 0.3) is 0 Å². The minimum atomic E-state index is 0.513. The number of ether oxygens (including phenoxy) is 1. The van der Waals surface area contributed by atoms with Gasteiger partial charge in [-0.1, -0.05) is 48.5 Å². The number of benzene rings is 2. The van der Waals surface area contributed by atoms with E-state index in [1.807, 2.05) is 42.5 Å². The Balaban J connectivity index is 1.31. The summed E-state index contributed by atoms with van der Waals surface area (Å²) in [5.41, 5.74) is 6.53. The van der Waals surface area contributed by atoms with Gasteiger partial charge in [0.2, 0.25) is 5.88 Å². The molecule has 2 heterocycles. The fraction of sp³-hybridized carbons (Fsp3) is 0.333. The van der Waals surface area contributed by atoms with Crippen LogP contribution in [0.5, 0.6) is 5.88 Å². The lowest BCUT2D eigenvalue weighted by Crippen LogP contribution is -2.20. The largest absolute Gasteiger partial charge is 0.472 e. The first-order chi connectivity index (χ1) is 13.8. The number of nitrogens with zero attached hydrogens (tertiary/aromatic N) is 3. The van der Waals surface area contributed by atoms with Gasteiger partial charge in [-0.3, -0.25) is 0 Å². The molecule has 1 aromatic heterocycles. The second-order valence-electron chi connectivity index (χ2n) is 7.54. The van der Waals surface area contributed by atoms with Gasteiger partial charge in [0, 0.05) is 19.2 Å². The Morgan fingerprint density at radius 2 is 1.64 bits per heavy atom. The number of aromatic nitrogens is 2. The lowest BCUT2D eigenvalue weighted by atomic mass is 9.98. The van der Waals surface area contributed by atoms with Crippen LogP contribution in [0.15, 0.2) is 60.7 Å². The second kappa shape index (κ2) is 8.98. The molecule has 0 radical (unpaired) electrons. The van der Waals surface area contributed by atoms with Crippen LogP contribution < -0.4 is 4.74 Å². The van der Waals surface area contributed by atoms with Gasteiger partial charge in [-0.15, -0.1) is 5.10 Å². The molecule has 4 nitrogen and oxygen atoms in total. The van der Waals surface area contributed by atoms with Gasteiger partial charge < -0.3 is 9.64 Å². The number of aryl methyl sites for hydroxylation is 2. The van der Waals surface area contributed by atoms with E-state index in [-0.39, 0.29) is 0 Å². The molecule has 0 atom stereocenters. The predicted octanol–water partition coefficient (Wildman–Crippen LogP) is 3.87. The molecular formula is C24H27N3O.